The number of fused-ring (bicyclic) bond motifs is 1. The zero-order valence-electron chi connectivity index (χ0n) is 19.6. The van der Waals surface area contributed by atoms with Crippen molar-refractivity contribution in [3.63, 3.8) is 0 Å². The number of halogens is 4. The lowest BCUT2D eigenvalue weighted by Crippen LogP contribution is -2.28. The first kappa shape index (κ1) is 26.5. The van der Waals surface area contributed by atoms with Gasteiger partial charge < -0.3 is 14.1 Å². The first-order valence-electron chi connectivity index (χ1n) is 11.5. The third kappa shape index (κ3) is 5.94. The number of furan rings is 1. The first-order valence-corrected chi connectivity index (χ1v) is 12.6. The lowest BCUT2D eigenvalue weighted by molar-refractivity contribution is -0.139. The molecule has 0 unspecified atom stereocenters. The van der Waals surface area contributed by atoms with Gasteiger partial charge in [0.15, 0.2) is 5.78 Å². The highest BCUT2D eigenvalue weighted by Crippen LogP contribution is 2.41. The summed E-state index contributed by atoms with van der Waals surface area (Å²) in [6.45, 7) is 8.23. The predicted octanol–water partition coefficient (Wildman–Crippen LogP) is 7.35. The van der Waals surface area contributed by atoms with E-state index in [-0.39, 0.29) is 21.5 Å². The molecule has 0 saturated carbocycles. The van der Waals surface area contributed by atoms with Gasteiger partial charge in [-0.2, -0.15) is 13.2 Å². The van der Waals surface area contributed by atoms with Crippen molar-refractivity contribution in [2.75, 3.05) is 26.2 Å². The van der Waals surface area contributed by atoms with Gasteiger partial charge in [-0.05, 0) is 60.3 Å². The highest BCUT2D eigenvalue weighted by atomic mass is 127. The number of unbranched alkanes of at least 4 members (excludes halogenated alkanes) is 1. The van der Waals surface area contributed by atoms with Crippen molar-refractivity contribution in [2.45, 2.75) is 46.2 Å². The Morgan fingerprint density at radius 2 is 1.82 bits per heavy atom. The van der Waals surface area contributed by atoms with Crippen molar-refractivity contribution in [3.8, 4) is 5.75 Å². The van der Waals surface area contributed by atoms with Gasteiger partial charge in [-0.15, -0.1) is 0 Å². The normalized spacial score (nSPS) is 12.0. The van der Waals surface area contributed by atoms with Crippen LogP contribution in [0.15, 0.2) is 40.8 Å². The number of aryl methyl sites for hydroxylation is 1. The van der Waals surface area contributed by atoms with Crippen molar-refractivity contribution in [1.29, 1.82) is 0 Å². The molecule has 0 spiro atoms. The van der Waals surface area contributed by atoms with Gasteiger partial charge in [-0.1, -0.05) is 45.4 Å². The average Bonchev–Trinajstić information content (AvgIpc) is 3.18. The number of hydrogen-bond acceptors (Lipinski definition) is 4. The van der Waals surface area contributed by atoms with E-state index in [1.165, 1.54) is 6.07 Å². The highest BCUT2D eigenvalue weighted by Gasteiger charge is 2.37. The molecule has 0 amide bonds. The van der Waals surface area contributed by atoms with Crippen LogP contribution in [0.4, 0.5) is 13.2 Å². The van der Waals surface area contributed by atoms with Crippen molar-refractivity contribution in [3.05, 3.63) is 62.4 Å². The number of benzene rings is 2. The third-order valence-electron chi connectivity index (χ3n) is 5.81. The van der Waals surface area contributed by atoms with Crippen molar-refractivity contribution in [1.82, 2.24) is 4.90 Å². The van der Waals surface area contributed by atoms with Gasteiger partial charge in [-0.3, -0.25) is 4.79 Å². The smallest absolute Gasteiger partial charge is 0.420 e. The lowest BCUT2D eigenvalue weighted by Gasteiger charge is -2.21. The minimum absolute atomic E-state index is 0.0304. The summed E-state index contributed by atoms with van der Waals surface area (Å²) >= 11 is 1.81. The maximum Gasteiger partial charge on any atom is 0.420 e. The Kier molecular flexibility index (Phi) is 9.03. The Balaban J connectivity index is 2.02. The molecule has 3 aromatic rings. The molecule has 0 atom stereocenters. The maximum atomic E-state index is 14.0. The maximum absolute atomic E-state index is 14.0. The summed E-state index contributed by atoms with van der Waals surface area (Å²) < 4.78 is 53.8. The monoisotopic (exact) mass is 587 g/mol. The molecule has 2 aromatic carbocycles. The van der Waals surface area contributed by atoms with E-state index in [0.29, 0.717) is 35.3 Å². The van der Waals surface area contributed by atoms with Gasteiger partial charge in [0.05, 0.1) is 14.7 Å². The molecule has 1 heterocycles. The zero-order valence-corrected chi connectivity index (χ0v) is 21.8. The third-order valence-corrected chi connectivity index (χ3v) is 6.61. The summed E-state index contributed by atoms with van der Waals surface area (Å²) in [5.41, 5.74) is -0.0791. The topological polar surface area (TPSA) is 42.7 Å². The van der Waals surface area contributed by atoms with Crippen LogP contribution in [0.1, 0.15) is 60.9 Å². The van der Waals surface area contributed by atoms with Gasteiger partial charge >= 0.3 is 6.18 Å². The molecule has 1 aromatic heterocycles. The minimum atomic E-state index is -4.66. The summed E-state index contributed by atoms with van der Waals surface area (Å²) in [6, 6.07) is 9.49. The Morgan fingerprint density at radius 1 is 1.12 bits per heavy atom. The molecule has 0 aliphatic rings. The second-order valence-electron chi connectivity index (χ2n) is 8.04. The number of hydrogen-bond donors (Lipinski definition) is 0. The van der Waals surface area contributed by atoms with Crippen molar-refractivity contribution < 1.29 is 27.1 Å². The molecule has 0 bridgehead atoms. The van der Waals surface area contributed by atoms with Crippen LogP contribution >= 0.6 is 22.6 Å². The van der Waals surface area contributed by atoms with Crippen LogP contribution in [-0.4, -0.2) is 36.9 Å². The molecule has 0 aliphatic heterocycles. The Bertz CT molecular complexity index is 1140. The quantitative estimate of drug-likeness (QED) is 0.174. The summed E-state index contributed by atoms with van der Waals surface area (Å²) in [4.78, 5) is 15.6. The van der Waals surface area contributed by atoms with Gasteiger partial charge in [0, 0.05) is 23.9 Å². The van der Waals surface area contributed by atoms with Crippen molar-refractivity contribution >= 4 is 39.3 Å². The second kappa shape index (κ2) is 11.6. The molecule has 184 valence electrons. The number of likely N-dealkylation sites (N-methyl/N-ethyl adjacent to an activating group) is 1. The Labute approximate surface area is 211 Å². The van der Waals surface area contributed by atoms with Crippen LogP contribution in [0.25, 0.3) is 11.0 Å². The average molecular weight is 587 g/mol. The van der Waals surface area contributed by atoms with Crippen molar-refractivity contribution in [2.24, 2.45) is 0 Å². The van der Waals surface area contributed by atoms with E-state index in [1.54, 1.807) is 24.3 Å². The van der Waals surface area contributed by atoms with Crippen LogP contribution in [0.3, 0.4) is 0 Å². The van der Waals surface area contributed by atoms with E-state index < -0.39 is 17.5 Å². The molecule has 0 saturated heterocycles. The minimum Gasteiger partial charge on any atom is -0.491 e. The molecular weight excluding hydrogens is 558 g/mol. The molecule has 3 rings (SSSR count). The molecular formula is C26H29F3INO3. The van der Waals surface area contributed by atoms with E-state index in [2.05, 4.69) is 4.90 Å². The summed E-state index contributed by atoms with van der Waals surface area (Å²) in [6.07, 6.45) is -2.41. The number of rotatable bonds is 11. The standard InChI is InChI=1S/C26H29F3INO3/c1-4-7-11-22-23(18-10-8-9-12-21(18)34-22)24(32)17-15-19(26(27,28)29)25(20(30)16-17)33-14-13-31(5-2)6-3/h8-10,12,15-16H,4-7,11,13-14H2,1-3H3. The number of ether oxygens (including phenoxy) is 1. The van der Waals surface area contributed by atoms with E-state index >= 15 is 0 Å². The van der Waals surface area contributed by atoms with E-state index in [0.717, 1.165) is 32.0 Å². The number of alkyl halides is 3. The van der Waals surface area contributed by atoms with Crippen LogP contribution in [0, 0.1) is 3.57 Å². The van der Waals surface area contributed by atoms with Gasteiger partial charge in [-0.25, -0.2) is 0 Å². The number of ketones is 1. The number of carbonyl (C=O) groups is 1. The molecule has 0 radical (unpaired) electrons. The van der Waals surface area contributed by atoms with E-state index in [4.69, 9.17) is 9.15 Å². The highest BCUT2D eigenvalue weighted by molar-refractivity contribution is 14.1. The first-order chi connectivity index (χ1) is 16.2. The molecule has 34 heavy (non-hydrogen) atoms. The molecule has 0 N–H and O–H groups in total. The van der Waals surface area contributed by atoms with E-state index in [1.807, 2.05) is 43.4 Å². The van der Waals surface area contributed by atoms with Gasteiger partial charge in [0.25, 0.3) is 0 Å². The van der Waals surface area contributed by atoms with Crippen LogP contribution in [0.2, 0.25) is 0 Å². The van der Waals surface area contributed by atoms with E-state index in [9.17, 15) is 18.0 Å². The lowest BCUT2D eigenvalue weighted by atomic mass is 9.96. The molecule has 0 fully saturated rings. The second-order valence-corrected chi connectivity index (χ2v) is 9.20. The fraction of sp³-hybridized carbons (Fsp3) is 0.423. The SMILES string of the molecule is CCCCc1oc2ccccc2c1C(=O)c1cc(I)c(OCCN(CC)CC)c(C(F)(F)F)c1. The van der Waals surface area contributed by atoms with Crippen LogP contribution in [0.5, 0.6) is 5.75 Å². The summed E-state index contributed by atoms with van der Waals surface area (Å²) in [5, 5.41) is 0.613. The fourth-order valence-electron chi connectivity index (χ4n) is 3.90. The molecule has 4 nitrogen and oxygen atoms in total. The van der Waals surface area contributed by atoms with Gasteiger partial charge in [0.2, 0.25) is 0 Å². The van der Waals surface area contributed by atoms with Crippen LogP contribution < -0.4 is 4.74 Å². The Morgan fingerprint density at radius 3 is 2.47 bits per heavy atom. The zero-order chi connectivity index (χ0) is 24.9. The largest absolute Gasteiger partial charge is 0.491 e. The summed E-state index contributed by atoms with van der Waals surface area (Å²) in [5.74, 6) is -0.203. The molecule has 0 aliphatic carbocycles. The Hall–Kier alpha value is -2.07. The number of nitrogens with zero attached hydrogens (tertiary/aromatic N) is 1. The summed E-state index contributed by atoms with van der Waals surface area (Å²) in [7, 11) is 0. The number of para-hydroxylation sites is 1. The predicted molar refractivity (Wildman–Crippen MR) is 136 cm³/mol. The number of carbonyl (C=O) groups excluding carboxylic acids is 1. The van der Waals surface area contributed by atoms with Gasteiger partial charge in [0.1, 0.15) is 23.7 Å². The fourth-order valence-corrected chi connectivity index (χ4v) is 4.68. The molecule has 8 heteroatoms. The van der Waals surface area contributed by atoms with Crippen LogP contribution in [-0.2, 0) is 12.6 Å².